The van der Waals surface area contributed by atoms with Crippen LogP contribution in [0, 0.1) is 0 Å². The highest BCUT2D eigenvalue weighted by atomic mass is 32.2. The van der Waals surface area contributed by atoms with Crippen LogP contribution in [0.15, 0.2) is 76.1 Å². The summed E-state index contributed by atoms with van der Waals surface area (Å²) in [5.74, 6) is -0.815. The zero-order chi connectivity index (χ0) is 20.3. The minimum Gasteiger partial charge on any atom is -0.481 e. The van der Waals surface area contributed by atoms with Gasteiger partial charge < -0.3 is 10.0 Å². The third-order valence-corrected chi connectivity index (χ3v) is 5.65. The molecule has 3 rings (SSSR count). The van der Waals surface area contributed by atoms with E-state index < -0.39 is 5.97 Å². The van der Waals surface area contributed by atoms with Crippen LogP contribution < -0.4 is 4.90 Å². The second-order valence-electron chi connectivity index (χ2n) is 7.13. The molecule has 0 unspecified atom stereocenters. The summed E-state index contributed by atoms with van der Waals surface area (Å²) in [6.45, 7) is 0. The first-order valence-electron chi connectivity index (χ1n) is 9.08. The average Bonchev–Trinajstić information content (AvgIpc) is 2.67. The number of anilines is 1. The Morgan fingerprint density at radius 3 is 2.21 bits per heavy atom. The highest BCUT2D eigenvalue weighted by Gasteiger charge is 2.17. The van der Waals surface area contributed by atoms with Gasteiger partial charge in [0.25, 0.3) is 0 Å². The standard InChI is InChI=1S/C23H24N2O2S/c1-24(2)19-9-5-16(6-10-19)18-13-21(15-23(26)27)28-22(14-18)17-7-11-20(12-8-17)25(3)4/h5-14H,15H2,1-4H3/p+1. The fourth-order valence-corrected chi connectivity index (χ4v) is 4.08. The number of aliphatic carboxylic acids is 1. The van der Waals surface area contributed by atoms with Crippen LogP contribution in [0.1, 0.15) is 12.0 Å². The zero-order valence-electron chi connectivity index (χ0n) is 16.6. The SMILES string of the molecule is CN(C)c1ccc(C2=CC(=C3C=CC(=[N+](C)C)C=C3)SC(CC(=O)O)=C2)cc1. The first-order chi connectivity index (χ1) is 13.3. The summed E-state index contributed by atoms with van der Waals surface area (Å²) in [6, 6.07) is 8.32. The third kappa shape index (κ3) is 4.73. The number of benzene rings is 1. The maximum absolute atomic E-state index is 11.3. The molecule has 0 radical (unpaired) electrons. The number of rotatable bonds is 4. The van der Waals surface area contributed by atoms with Gasteiger partial charge in [0, 0.05) is 41.7 Å². The van der Waals surface area contributed by atoms with Gasteiger partial charge in [-0.1, -0.05) is 23.9 Å². The molecule has 1 aliphatic carbocycles. The predicted octanol–water partition coefficient (Wildman–Crippen LogP) is 4.33. The minimum atomic E-state index is -0.815. The molecule has 1 aromatic rings. The van der Waals surface area contributed by atoms with E-state index in [4.69, 9.17) is 0 Å². The lowest BCUT2D eigenvalue weighted by molar-refractivity contribution is -0.462. The molecule has 28 heavy (non-hydrogen) atoms. The number of carbonyl (C=O) groups is 1. The lowest BCUT2D eigenvalue weighted by atomic mass is 10.0. The van der Waals surface area contributed by atoms with Crippen LogP contribution in [0.5, 0.6) is 0 Å². The molecule has 0 aromatic heterocycles. The minimum absolute atomic E-state index is 0.0249. The Bertz CT molecular complexity index is 952. The van der Waals surface area contributed by atoms with E-state index in [1.54, 1.807) is 0 Å². The van der Waals surface area contributed by atoms with Gasteiger partial charge in [0.05, 0.1) is 6.42 Å². The van der Waals surface area contributed by atoms with Gasteiger partial charge in [-0.15, -0.1) is 0 Å². The Kier molecular flexibility index (Phi) is 6.05. The van der Waals surface area contributed by atoms with E-state index in [2.05, 4.69) is 64.1 Å². The Labute approximate surface area is 170 Å². The molecule has 0 amide bonds. The van der Waals surface area contributed by atoms with Crippen LogP contribution in [-0.4, -0.2) is 49.6 Å². The van der Waals surface area contributed by atoms with Crippen molar-refractivity contribution in [1.29, 1.82) is 0 Å². The van der Waals surface area contributed by atoms with E-state index in [0.29, 0.717) is 0 Å². The van der Waals surface area contributed by atoms with Gasteiger partial charge in [0.15, 0.2) is 5.71 Å². The molecule has 0 atom stereocenters. The van der Waals surface area contributed by atoms with Crippen LogP contribution in [-0.2, 0) is 4.79 Å². The van der Waals surface area contributed by atoms with Crippen LogP contribution in [0.25, 0.3) is 5.57 Å². The summed E-state index contributed by atoms with van der Waals surface area (Å²) in [7, 11) is 8.06. The number of carboxylic acids is 1. The van der Waals surface area contributed by atoms with Crippen LogP contribution in [0.2, 0.25) is 0 Å². The molecule has 4 nitrogen and oxygen atoms in total. The lowest BCUT2D eigenvalue weighted by Gasteiger charge is -2.18. The van der Waals surface area contributed by atoms with Gasteiger partial charge >= 0.3 is 5.97 Å². The van der Waals surface area contributed by atoms with Crippen molar-refractivity contribution < 1.29 is 14.5 Å². The molecular formula is C23H25N2O2S+. The van der Waals surface area contributed by atoms with Crippen LogP contribution >= 0.6 is 11.8 Å². The van der Waals surface area contributed by atoms with Gasteiger partial charge in [-0.2, -0.15) is 0 Å². The fraction of sp³-hybridized carbons (Fsp3) is 0.217. The van der Waals surface area contributed by atoms with E-state index in [1.165, 1.54) is 11.8 Å². The van der Waals surface area contributed by atoms with Crippen molar-refractivity contribution in [1.82, 2.24) is 0 Å². The Balaban J connectivity index is 2.01. The van der Waals surface area contributed by atoms with Gasteiger partial charge in [0.1, 0.15) is 14.1 Å². The van der Waals surface area contributed by atoms with Crippen molar-refractivity contribution in [3.05, 3.63) is 81.7 Å². The number of hydrogen-bond acceptors (Lipinski definition) is 3. The van der Waals surface area contributed by atoms with Gasteiger partial charge in [-0.25, -0.2) is 4.58 Å². The number of hydrogen-bond donors (Lipinski definition) is 1. The smallest absolute Gasteiger partial charge is 0.308 e. The van der Waals surface area contributed by atoms with Gasteiger partial charge in [-0.05, 0) is 53.1 Å². The molecule has 144 valence electrons. The topological polar surface area (TPSA) is 43.5 Å². The summed E-state index contributed by atoms with van der Waals surface area (Å²) in [6.07, 6.45) is 12.5. The molecule has 1 aliphatic heterocycles. The van der Waals surface area contributed by atoms with Crippen LogP contribution in [0.3, 0.4) is 0 Å². The maximum Gasteiger partial charge on any atom is 0.308 e. The summed E-state index contributed by atoms with van der Waals surface area (Å²) in [5, 5.41) is 9.28. The highest BCUT2D eigenvalue weighted by Crippen LogP contribution is 2.40. The van der Waals surface area contributed by atoms with Crippen molar-refractivity contribution in [3.63, 3.8) is 0 Å². The molecule has 1 heterocycles. The number of thioether (sulfide) groups is 1. The summed E-state index contributed by atoms with van der Waals surface area (Å²) >= 11 is 1.53. The second kappa shape index (κ2) is 8.48. The Morgan fingerprint density at radius 2 is 1.68 bits per heavy atom. The molecule has 0 bridgehead atoms. The maximum atomic E-state index is 11.3. The third-order valence-electron chi connectivity index (χ3n) is 4.55. The van der Waals surface area contributed by atoms with Crippen molar-refractivity contribution in [2.45, 2.75) is 6.42 Å². The van der Waals surface area contributed by atoms with E-state index in [1.807, 2.05) is 34.3 Å². The van der Waals surface area contributed by atoms with Crippen LogP contribution in [0.4, 0.5) is 5.69 Å². The fourth-order valence-electron chi connectivity index (χ4n) is 2.98. The lowest BCUT2D eigenvalue weighted by Crippen LogP contribution is -2.10. The normalized spacial score (nSPS) is 16.1. The van der Waals surface area contributed by atoms with Crippen molar-refractivity contribution in [2.75, 3.05) is 33.1 Å². The molecule has 0 saturated carbocycles. The average molecular weight is 394 g/mol. The van der Waals surface area contributed by atoms with Crippen molar-refractivity contribution in [2.24, 2.45) is 0 Å². The number of carboxylic acid groups (broad SMARTS) is 1. The van der Waals surface area contributed by atoms with Gasteiger partial charge in [-0.3, -0.25) is 4.79 Å². The quantitative estimate of drug-likeness (QED) is 0.773. The van der Waals surface area contributed by atoms with E-state index >= 15 is 0 Å². The number of allylic oxidation sites excluding steroid dienone is 8. The highest BCUT2D eigenvalue weighted by molar-refractivity contribution is 8.07. The molecular weight excluding hydrogens is 368 g/mol. The first kappa shape index (κ1) is 20.0. The van der Waals surface area contributed by atoms with Gasteiger partial charge in [0.2, 0.25) is 0 Å². The summed E-state index contributed by atoms with van der Waals surface area (Å²) in [4.78, 5) is 15.3. The summed E-state index contributed by atoms with van der Waals surface area (Å²) < 4.78 is 2.06. The van der Waals surface area contributed by atoms with Crippen molar-refractivity contribution in [3.8, 4) is 0 Å². The first-order valence-corrected chi connectivity index (χ1v) is 9.89. The molecule has 2 aliphatic rings. The zero-order valence-corrected chi connectivity index (χ0v) is 17.5. The molecule has 1 N–H and O–H groups in total. The van der Waals surface area contributed by atoms with Crippen molar-refractivity contribution >= 4 is 34.7 Å². The molecule has 0 spiro atoms. The molecule has 0 fully saturated rings. The largest absolute Gasteiger partial charge is 0.481 e. The molecule has 5 heteroatoms. The Hall–Kier alpha value is -2.79. The second-order valence-corrected chi connectivity index (χ2v) is 8.30. The predicted molar refractivity (Wildman–Crippen MR) is 119 cm³/mol. The molecule has 0 saturated heterocycles. The summed E-state index contributed by atoms with van der Waals surface area (Å²) in [5.41, 5.74) is 5.47. The van der Waals surface area contributed by atoms with E-state index in [-0.39, 0.29) is 6.42 Å². The van der Waals surface area contributed by atoms with E-state index in [0.717, 1.165) is 37.9 Å². The number of nitrogens with zero attached hydrogens (tertiary/aromatic N) is 2. The Morgan fingerprint density at radius 1 is 1.04 bits per heavy atom. The monoisotopic (exact) mass is 393 g/mol. The van der Waals surface area contributed by atoms with E-state index in [9.17, 15) is 9.90 Å². The molecule has 1 aromatic carbocycles.